The van der Waals surface area contributed by atoms with Crippen molar-refractivity contribution in [1.29, 1.82) is 0 Å². The molecule has 1 aliphatic rings. The summed E-state index contributed by atoms with van der Waals surface area (Å²) in [5.74, 6) is 0.388. The molecule has 0 bridgehead atoms. The molecule has 130 valence electrons. The topological polar surface area (TPSA) is 78.4 Å². The van der Waals surface area contributed by atoms with Gasteiger partial charge in [-0.2, -0.15) is 0 Å². The molecule has 0 atom stereocenters. The average molecular weight is 339 g/mol. The monoisotopic (exact) mass is 339 g/mol. The van der Waals surface area contributed by atoms with Gasteiger partial charge in [-0.05, 0) is 12.5 Å². The highest BCUT2D eigenvalue weighted by Crippen LogP contribution is 2.09. The van der Waals surface area contributed by atoms with Crippen molar-refractivity contribution in [2.75, 3.05) is 31.5 Å². The molecule has 0 radical (unpaired) electrons. The van der Waals surface area contributed by atoms with Gasteiger partial charge in [-0.25, -0.2) is 9.97 Å². The Morgan fingerprint density at radius 2 is 1.76 bits per heavy atom. The van der Waals surface area contributed by atoms with Crippen LogP contribution in [0.25, 0.3) is 0 Å². The molecule has 2 aromatic rings. The lowest BCUT2D eigenvalue weighted by atomic mass is 10.1. The van der Waals surface area contributed by atoms with Gasteiger partial charge in [0.25, 0.3) is 5.91 Å². The van der Waals surface area contributed by atoms with Crippen molar-refractivity contribution in [1.82, 2.24) is 19.8 Å². The minimum atomic E-state index is -0.101. The fourth-order valence-electron chi connectivity index (χ4n) is 2.63. The molecule has 7 heteroatoms. The number of rotatable bonds is 5. The first kappa shape index (κ1) is 16.9. The van der Waals surface area contributed by atoms with Crippen LogP contribution >= 0.6 is 0 Å². The fraction of sp³-hybridized carbons (Fsp3) is 0.333. The molecular weight excluding hydrogens is 318 g/mol. The van der Waals surface area contributed by atoms with E-state index in [1.54, 1.807) is 22.2 Å². The largest absolute Gasteiger partial charge is 0.350 e. The maximum absolute atomic E-state index is 12.4. The Labute approximate surface area is 146 Å². The second kappa shape index (κ2) is 7.74. The van der Waals surface area contributed by atoms with Crippen LogP contribution in [0.2, 0.25) is 0 Å². The third-order valence-corrected chi connectivity index (χ3v) is 4.22. The first-order valence-electron chi connectivity index (χ1n) is 8.26. The zero-order valence-electron chi connectivity index (χ0n) is 14.2. The summed E-state index contributed by atoms with van der Waals surface area (Å²) in [7, 11) is 0. The molecule has 25 heavy (non-hydrogen) atoms. The van der Waals surface area contributed by atoms with E-state index in [1.165, 1.54) is 5.56 Å². The molecule has 1 fully saturated rings. The van der Waals surface area contributed by atoms with E-state index in [4.69, 9.17) is 0 Å². The highest BCUT2D eigenvalue weighted by molar-refractivity contribution is 5.93. The minimum Gasteiger partial charge on any atom is -0.350 e. The number of nitrogens with one attached hydrogen (secondary N) is 1. The second-order valence-corrected chi connectivity index (χ2v) is 6.07. The minimum absolute atomic E-state index is 0.101. The summed E-state index contributed by atoms with van der Waals surface area (Å²) in [4.78, 5) is 35.0. The maximum atomic E-state index is 12.4. The quantitative estimate of drug-likeness (QED) is 0.831. The molecule has 0 aliphatic carbocycles. The Morgan fingerprint density at radius 1 is 1.12 bits per heavy atom. The zero-order valence-corrected chi connectivity index (χ0v) is 14.2. The summed E-state index contributed by atoms with van der Waals surface area (Å²) in [5.41, 5.74) is 2.82. The van der Waals surface area contributed by atoms with Crippen molar-refractivity contribution in [3.8, 4) is 0 Å². The number of hydrogen-bond acceptors (Lipinski definition) is 5. The van der Waals surface area contributed by atoms with E-state index in [0.29, 0.717) is 44.2 Å². The summed E-state index contributed by atoms with van der Waals surface area (Å²) in [6, 6.07) is 8.23. The SMILES string of the molecule is Cc1ccc(CNc2ncc(C(=O)N3CCN(C=O)CC3)cn2)cc1. The van der Waals surface area contributed by atoms with Gasteiger partial charge in [0.05, 0.1) is 5.56 Å². The molecular formula is C18H21N5O2. The second-order valence-electron chi connectivity index (χ2n) is 6.07. The number of amides is 2. The van der Waals surface area contributed by atoms with Crippen LogP contribution in [0.3, 0.4) is 0 Å². The van der Waals surface area contributed by atoms with Crippen molar-refractivity contribution in [3.63, 3.8) is 0 Å². The lowest BCUT2D eigenvalue weighted by Gasteiger charge is -2.32. The zero-order chi connectivity index (χ0) is 17.6. The Kier molecular flexibility index (Phi) is 5.23. The van der Waals surface area contributed by atoms with Crippen LogP contribution in [0, 0.1) is 6.92 Å². The highest BCUT2D eigenvalue weighted by Gasteiger charge is 2.21. The van der Waals surface area contributed by atoms with Crippen molar-refractivity contribution >= 4 is 18.3 Å². The van der Waals surface area contributed by atoms with Crippen LogP contribution in [0.4, 0.5) is 5.95 Å². The van der Waals surface area contributed by atoms with Gasteiger partial charge in [0.1, 0.15) is 0 Å². The number of hydrogen-bond donors (Lipinski definition) is 1. The van der Waals surface area contributed by atoms with Crippen LogP contribution in [0.5, 0.6) is 0 Å². The smallest absolute Gasteiger partial charge is 0.257 e. The molecule has 3 rings (SSSR count). The molecule has 2 heterocycles. The molecule has 1 aromatic carbocycles. The van der Waals surface area contributed by atoms with Crippen molar-refractivity contribution < 1.29 is 9.59 Å². The van der Waals surface area contributed by atoms with Gasteiger partial charge < -0.3 is 15.1 Å². The molecule has 1 N–H and O–H groups in total. The van der Waals surface area contributed by atoms with E-state index in [-0.39, 0.29) is 5.91 Å². The van der Waals surface area contributed by atoms with Crippen LogP contribution in [0.1, 0.15) is 21.5 Å². The summed E-state index contributed by atoms with van der Waals surface area (Å²) in [5, 5.41) is 3.15. The Hall–Kier alpha value is -2.96. The van der Waals surface area contributed by atoms with E-state index in [1.807, 2.05) is 0 Å². The van der Waals surface area contributed by atoms with Gasteiger partial charge in [0.15, 0.2) is 0 Å². The first-order chi connectivity index (χ1) is 12.2. The van der Waals surface area contributed by atoms with E-state index in [0.717, 1.165) is 12.0 Å². The van der Waals surface area contributed by atoms with Crippen molar-refractivity contribution in [2.24, 2.45) is 0 Å². The molecule has 0 spiro atoms. The first-order valence-corrected chi connectivity index (χ1v) is 8.26. The van der Waals surface area contributed by atoms with E-state index in [2.05, 4.69) is 46.5 Å². The lowest BCUT2D eigenvalue weighted by Crippen LogP contribution is -2.48. The highest BCUT2D eigenvalue weighted by atomic mass is 16.2. The standard InChI is InChI=1S/C18H21N5O2/c1-14-2-4-15(5-3-14)10-19-18-20-11-16(12-21-18)17(25)23-8-6-22(13-24)7-9-23/h2-5,11-13H,6-10H2,1H3,(H,19,20,21). The number of aryl methyl sites for hydroxylation is 1. The number of carbonyl (C=O) groups is 2. The van der Waals surface area contributed by atoms with Gasteiger partial charge >= 0.3 is 0 Å². The number of anilines is 1. The van der Waals surface area contributed by atoms with Gasteiger partial charge in [0, 0.05) is 45.1 Å². The van der Waals surface area contributed by atoms with Crippen molar-refractivity contribution in [3.05, 3.63) is 53.3 Å². The predicted molar refractivity (Wildman–Crippen MR) is 94.1 cm³/mol. The number of aromatic nitrogens is 2. The van der Waals surface area contributed by atoms with Gasteiger partial charge in [-0.3, -0.25) is 9.59 Å². The molecule has 1 aliphatic heterocycles. The lowest BCUT2D eigenvalue weighted by molar-refractivity contribution is -0.119. The molecule has 7 nitrogen and oxygen atoms in total. The molecule has 2 amide bonds. The van der Waals surface area contributed by atoms with Gasteiger partial charge in [0.2, 0.25) is 12.4 Å². The van der Waals surface area contributed by atoms with Crippen LogP contribution in [0.15, 0.2) is 36.7 Å². The van der Waals surface area contributed by atoms with E-state index in [9.17, 15) is 9.59 Å². The van der Waals surface area contributed by atoms with E-state index >= 15 is 0 Å². The van der Waals surface area contributed by atoms with Gasteiger partial charge in [-0.1, -0.05) is 29.8 Å². The third-order valence-electron chi connectivity index (χ3n) is 4.22. The number of nitrogens with zero attached hydrogens (tertiary/aromatic N) is 4. The number of carbonyl (C=O) groups excluding carboxylic acids is 2. The predicted octanol–water partition coefficient (Wildman–Crippen LogP) is 1.31. The van der Waals surface area contributed by atoms with Crippen LogP contribution < -0.4 is 5.32 Å². The summed E-state index contributed by atoms with van der Waals surface area (Å²) >= 11 is 0. The average Bonchev–Trinajstić information content (AvgIpc) is 2.67. The van der Waals surface area contributed by atoms with Crippen LogP contribution in [-0.4, -0.2) is 58.3 Å². The Balaban J connectivity index is 1.55. The maximum Gasteiger partial charge on any atom is 0.257 e. The van der Waals surface area contributed by atoms with Gasteiger partial charge in [-0.15, -0.1) is 0 Å². The normalized spacial score (nSPS) is 14.3. The molecule has 0 saturated carbocycles. The Morgan fingerprint density at radius 3 is 2.36 bits per heavy atom. The van der Waals surface area contributed by atoms with E-state index < -0.39 is 0 Å². The molecule has 1 aromatic heterocycles. The number of benzene rings is 1. The summed E-state index contributed by atoms with van der Waals surface area (Å²) in [6.07, 6.45) is 3.90. The summed E-state index contributed by atoms with van der Waals surface area (Å²) < 4.78 is 0. The van der Waals surface area contributed by atoms with Crippen LogP contribution in [-0.2, 0) is 11.3 Å². The molecule has 0 unspecified atom stereocenters. The third kappa shape index (κ3) is 4.32. The summed E-state index contributed by atoms with van der Waals surface area (Å²) in [6.45, 7) is 4.87. The fourth-order valence-corrected chi connectivity index (χ4v) is 2.63. The van der Waals surface area contributed by atoms with Crippen molar-refractivity contribution in [2.45, 2.75) is 13.5 Å². The number of piperazine rings is 1. The molecule has 1 saturated heterocycles. The Bertz CT molecular complexity index is 722.